The number of ketones is 1. The summed E-state index contributed by atoms with van der Waals surface area (Å²) >= 11 is 0. The summed E-state index contributed by atoms with van der Waals surface area (Å²) in [5.74, 6) is -10.3. The smallest absolute Gasteiger partial charge is 0.358 e. The number of carbonyl (C=O) groups excluding carboxylic acids is 1. The molecule has 0 amide bonds. The predicted octanol–water partition coefficient (Wildman–Crippen LogP) is 0.868. The minimum Gasteiger partial charge on any atom is -0.358 e. The lowest BCUT2D eigenvalue weighted by Gasteiger charge is -2.42. The van der Waals surface area contributed by atoms with Gasteiger partial charge in [-0.3, -0.25) is 4.79 Å². The van der Waals surface area contributed by atoms with E-state index in [1.54, 1.807) is 0 Å². The molecule has 0 aromatic heterocycles. The highest BCUT2D eigenvalue weighted by molar-refractivity contribution is 5.81. The maximum Gasteiger partial charge on any atom is 0.443 e. The summed E-state index contributed by atoms with van der Waals surface area (Å²) in [6.45, 7) is 0. The van der Waals surface area contributed by atoms with Gasteiger partial charge in [0.15, 0.2) is 0 Å². The van der Waals surface area contributed by atoms with Gasteiger partial charge in [-0.25, -0.2) is 0 Å². The molecule has 2 atom stereocenters. The Labute approximate surface area is 89.8 Å². The van der Waals surface area contributed by atoms with Crippen LogP contribution in [-0.2, 0) is 9.53 Å². The Balaban J connectivity index is 3.14. The molecule has 0 spiro atoms. The largest absolute Gasteiger partial charge is 0.443 e. The van der Waals surface area contributed by atoms with Crippen molar-refractivity contribution in [2.24, 2.45) is 0 Å². The van der Waals surface area contributed by atoms with Crippen LogP contribution in [0.1, 0.15) is 12.8 Å². The van der Waals surface area contributed by atoms with Crippen LogP contribution in [-0.4, -0.2) is 39.9 Å². The van der Waals surface area contributed by atoms with Crippen molar-refractivity contribution < 1.29 is 46.1 Å². The molecule has 0 radical (unpaired) electrons. The molecule has 4 nitrogen and oxygen atoms in total. The molecule has 10 heteroatoms. The van der Waals surface area contributed by atoms with E-state index in [0.29, 0.717) is 0 Å². The van der Waals surface area contributed by atoms with Crippen LogP contribution in [0.15, 0.2) is 0 Å². The number of hydrogen-bond acceptors (Lipinski definition) is 4. The van der Waals surface area contributed by atoms with Crippen LogP contribution in [0.25, 0.3) is 0 Å². The molecule has 0 aromatic carbocycles. The van der Waals surface area contributed by atoms with Gasteiger partial charge in [-0.15, -0.1) is 0 Å². The van der Waals surface area contributed by atoms with Crippen LogP contribution < -0.4 is 0 Å². The molecule has 0 aliphatic carbocycles. The lowest BCUT2D eigenvalue weighted by molar-refractivity contribution is -0.475. The van der Waals surface area contributed by atoms with Gasteiger partial charge in [-0.2, -0.15) is 26.3 Å². The highest BCUT2D eigenvalue weighted by Crippen LogP contribution is 2.46. The van der Waals surface area contributed by atoms with Crippen LogP contribution in [0.5, 0.6) is 0 Å². The van der Waals surface area contributed by atoms with E-state index in [1.165, 1.54) is 0 Å². The zero-order valence-corrected chi connectivity index (χ0v) is 7.89. The molecular weight excluding hydrogens is 262 g/mol. The summed E-state index contributed by atoms with van der Waals surface area (Å²) < 4.78 is 76.6. The highest BCUT2D eigenvalue weighted by Gasteiger charge is 2.69. The number of Topliss-reactive ketones (excluding diaryl/α,β-unsaturated/α-hetero) is 1. The number of alkyl halides is 6. The van der Waals surface area contributed by atoms with E-state index in [-0.39, 0.29) is 0 Å². The van der Waals surface area contributed by atoms with E-state index >= 15 is 0 Å². The van der Waals surface area contributed by atoms with Gasteiger partial charge in [0.2, 0.25) is 0 Å². The maximum absolute atomic E-state index is 12.2. The Morgan fingerprint density at radius 2 is 1.24 bits per heavy atom. The zero-order valence-electron chi connectivity index (χ0n) is 7.89. The van der Waals surface area contributed by atoms with Crippen molar-refractivity contribution >= 4 is 5.78 Å². The summed E-state index contributed by atoms with van der Waals surface area (Å²) in [6.07, 6.45) is -14.7. The Hall–Kier alpha value is -0.870. The molecule has 1 aliphatic heterocycles. The lowest BCUT2D eigenvalue weighted by Crippen LogP contribution is -2.64. The first-order chi connectivity index (χ1) is 7.31. The number of hydrogen-bond donors (Lipinski definition) is 2. The first-order valence-corrected chi connectivity index (χ1v) is 4.11. The molecule has 1 heterocycles. The van der Waals surface area contributed by atoms with Gasteiger partial charge < -0.3 is 14.9 Å². The first kappa shape index (κ1) is 14.2. The normalized spacial score (nSPS) is 36.1. The topological polar surface area (TPSA) is 66.8 Å². The fourth-order valence-electron chi connectivity index (χ4n) is 1.26. The van der Waals surface area contributed by atoms with E-state index in [1.807, 2.05) is 0 Å². The quantitative estimate of drug-likeness (QED) is 0.640. The van der Waals surface area contributed by atoms with Crippen LogP contribution in [0, 0.1) is 0 Å². The van der Waals surface area contributed by atoms with Gasteiger partial charge in [0.05, 0.1) is 12.8 Å². The van der Waals surface area contributed by atoms with Crippen LogP contribution in [0.3, 0.4) is 0 Å². The SMILES string of the molecule is O=C1C[C@](O)(C(F)(F)F)O[C@](O)(C(F)(F)F)C1. The third kappa shape index (κ3) is 2.38. The number of ether oxygens (including phenoxy) is 1. The Kier molecular flexibility index (Phi) is 2.97. The molecule has 0 unspecified atom stereocenters. The van der Waals surface area contributed by atoms with Gasteiger partial charge in [0.1, 0.15) is 5.78 Å². The van der Waals surface area contributed by atoms with Gasteiger partial charge in [0.25, 0.3) is 11.6 Å². The van der Waals surface area contributed by atoms with Crippen molar-refractivity contribution in [3.63, 3.8) is 0 Å². The van der Waals surface area contributed by atoms with Crippen molar-refractivity contribution in [1.82, 2.24) is 0 Å². The average Bonchev–Trinajstić information content (AvgIpc) is 1.96. The number of aliphatic hydroxyl groups is 2. The molecule has 1 saturated heterocycles. The number of rotatable bonds is 0. The first-order valence-electron chi connectivity index (χ1n) is 4.11. The Morgan fingerprint density at radius 1 is 0.941 bits per heavy atom. The van der Waals surface area contributed by atoms with Crippen molar-refractivity contribution in [3.8, 4) is 0 Å². The Bertz CT molecular complexity index is 306. The molecule has 1 fully saturated rings. The minimum atomic E-state index is -5.64. The van der Waals surface area contributed by atoms with Crippen LogP contribution >= 0.6 is 0 Å². The number of halogens is 6. The molecular formula is C7H6F6O4. The number of carbonyl (C=O) groups is 1. The van der Waals surface area contributed by atoms with Crippen molar-refractivity contribution in [2.45, 2.75) is 36.8 Å². The minimum absolute atomic E-state index is 1.61. The molecule has 1 rings (SSSR count). The second-order valence-electron chi connectivity index (χ2n) is 3.56. The van der Waals surface area contributed by atoms with Gasteiger partial charge in [0, 0.05) is 0 Å². The summed E-state index contributed by atoms with van der Waals surface area (Å²) in [5.41, 5.74) is 0. The van der Waals surface area contributed by atoms with Crippen LogP contribution in [0.4, 0.5) is 26.3 Å². The highest BCUT2D eigenvalue weighted by atomic mass is 19.4. The summed E-state index contributed by atoms with van der Waals surface area (Å²) in [7, 11) is 0. The maximum atomic E-state index is 12.2. The summed E-state index contributed by atoms with van der Waals surface area (Å²) in [6, 6.07) is 0. The second kappa shape index (κ2) is 3.56. The molecule has 0 bridgehead atoms. The van der Waals surface area contributed by atoms with E-state index in [4.69, 9.17) is 10.2 Å². The summed E-state index contributed by atoms with van der Waals surface area (Å²) in [4.78, 5) is 10.8. The van der Waals surface area contributed by atoms with E-state index in [2.05, 4.69) is 4.74 Å². The third-order valence-electron chi connectivity index (χ3n) is 2.10. The zero-order chi connectivity index (χ0) is 13.7. The average molecular weight is 268 g/mol. The molecule has 100 valence electrons. The van der Waals surface area contributed by atoms with Crippen molar-refractivity contribution in [2.75, 3.05) is 0 Å². The van der Waals surface area contributed by atoms with Crippen LogP contribution in [0.2, 0.25) is 0 Å². The van der Waals surface area contributed by atoms with Gasteiger partial charge in [-0.05, 0) is 0 Å². The summed E-state index contributed by atoms with van der Waals surface area (Å²) in [5, 5.41) is 17.7. The molecule has 0 aromatic rings. The third-order valence-corrected chi connectivity index (χ3v) is 2.10. The van der Waals surface area contributed by atoms with Gasteiger partial charge >= 0.3 is 12.4 Å². The van der Waals surface area contributed by atoms with E-state index < -0.39 is 42.6 Å². The fraction of sp³-hybridized carbons (Fsp3) is 0.857. The molecule has 1 aliphatic rings. The standard InChI is InChI=1S/C7H6F6O4/c8-6(9,10)4(15)1-3(14)2-5(16,17-4)7(11,12)13/h15-16H,1-2H2/t4-,5+. The van der Waals surface area contributed by atoms with Crippen molar-refractivity contribution in [3.05, 3.63) is 0 Å². The lowest BCUT2D eigenvalue weighted by atomic mass is 9.96. The predicted molar refractivity (Wildman–Crippen MR) is 37.3 cm³/mol. The molecule has 2 N–H and O–H groups in total. The second-order valence-corrected chi connectivity index (χ2v) is 3.56. The Morgan fingerprint density at radius 3 is 1.47 bits per heavy atom. The molecule has 0 saturated carbocycles. The van der Waals surface area contributed by atoms with E-state index in [9.17, 15) is 31.1 Å². The fourth-order valence-corrected chi connectivity index (χ4v) is 1.26. The van der Waals surface area contributed by atoms with Crippen molar-refractivity contribution in [1.29, 1.82) is 0 Å². The van der Waals surface area contributed by atoms with Gasteiger partial charge in [-0.1, -0.05) is 0 Å². The molecule has 17 heavy (non-hydrogen) atoms. The van der Waals surface area contributed by atoms with E-state index in [0.717, 1.165) is 0 Å². The monoisotopic (exact) mass is 268 g/mol.